The summed E-state index contributed by atoms with van der Waals surface area (Å²) in [6, 6.07) is 3.14. The molecule has 1 rings (SSSR count). The minimum atomic E-state index is -4.62. The molecule has 0 fully saturated rings. The van der Waals surface area contributed by atoms with Crippen LogP contribution in [0.25, 0.3) is 0 Å². The van der Waals surface area contributed by atoms with E-state index in [0.717, 1.165) is 13.2 Å². The molecule has 4 nitrogen and oxygen atoms in total. The highest BCUT2D eigenvalue weighted by Gasteiger charge is 2.34. The third kappa shape index (κ3) is 4.77. The van der Waals surface area contributed by atoms with Gasteiger partial charge in [-0.05, 0) is 31.0 Å². The van der Waals surface area contributed by atoms with Crippen molar-refractivity contribution in [2.75, 3.05) is 13.7 Å². The Morgan fingerprint density at radius 2 is 1.90 bits per heavy atom. The number of carbonyl (C=O) groups is 2. The van der Waals surface area contributed by atoms with Crippen molar-refractivity contribution in [3.8, 4) is 0 Å². The molecule has 0 spiro atoms. The minimum absolute atomic E-state index is 0.0665. The van der Waals surface area contributed by atoms with Gasteiger partial charge >= 0.3 is 18.1 Å². The highest BCUT2D eigenvalue weighted by Crippen LogP contribution is 2.33. The lowest BCUT2D eigenvalue weighted by molar-refractivity contribution is -0.144. The largest absolute Gasteiger partial charge is 0.466 e. The number of ether oxygens (including phenoxy) is 2. The number of carbonyl (C=O) groups excluding carboxylic acids is 2. The van der Waals surface area contributed by atoms with Crippen LogP contribution in [0.3, 0.4) is 0 Å². The van der Waals surface area contributed by atoms with Gasteiger partial charge in [-0.3, -0.25) is 4.79 Å². The SMILES string of the molecule is CCOC(=O)CCc1ccc(C(=O)OC)cc1C(F)(F)F. The molecule has 0 saturated carbocycles. The van der Waals surface area contributed by atoms with Gasteiger partial charge in [0.2, 0.25) is 0 Å². The van der Waals surface area contributed by atoms with Crippen molar-refractivity contribution in [1.29, 1.82) is 0 Å². The van der Waals surface area contributed by atoms with E-state index in [-0.39, 0.29) is 30.6 Å². The zero-order valence-corrected chi connectivity index (χ0v) is 11.6. The first-order valence-corrected chi connectivity index (χ1v) is 6.23. The molecule has 1 aromatic rings. The lowest BCUT2D eigenvalue weighted by Crippen LogP contribution is -2.13. The zero-order valence-electron chi connectivity index (χ0n) is 11.6. The Kier molecular flexibility index (Phi) is 5.75. The average molecular weight is 304 g/mol. The van der Waals surface area contributed by atoms with Gasteiger partial charge in [0.05, 0.1) is 24.8 Å². The topological polar surface area (TPSA) is 52.6 Å². The number of benzene rings is 1. The standard InChI is InChI=1S/C14H15F3O4/c1-3-21-12(18)7-6-9-4-5-10(13(19)20-2)8-11(9)14(15,16)17/h4-5,8H,3,6-7H2,1-2H3. The van der Waals surface area contributed by atoms with Crippen LogP contribution in [0.5, 0.6) is 0 Å². The molecule has 1 aromatic carbocycles. The van der Waals surface area contributed by atoms with E-state index in [0.29, 0.717) is 0 Å². The second-order valence-electron chi connectivity index (χ2n) is 4.17. The molecule has 21 heavy (non-hydrogen) atoms. The number of hydrogen-bond acceptors (Lipinski definition) is 4. The van der Waals surface area contributed by atoms with Crippen LogP contribution in [-0.4, -0.2) is 25.7 Å². The maximum atomic E-state index is 13.0. The van der Waals surface area contributed by atoms with Crippen molar-refractivity contribution < 1.29 is 32.2 Å². The molecule has 0 aromatic heterocycles. The van der Waals surface area contributed by atoms with Gasteiger partial charge in [-0.1, -0.05) is 6.07 Å². The maximum Gasteiger partial charge on any atom is 0.416 e. The van der Waals surface area contributed by atoms with Gasteiger partial charge < -0.3 is 9.47 Å². The Morgan fingerprint density at radius 1 is 1.24 bits per heavy atom. The Bertz CT molecular complexity index is 523. The second kappa shape index (κ2) is 7.10. The van der Waals surface area contributed by atoms with E-state index in [1.165, 1.54) is 12.1 Å². The lowest BCUT2D eigenvalue weighted by atomic mass is 9.99. The highest BCUT2D eigenvalue weighted by atomic mass is 19.4. The van der Waals surface area contributed by atoms with Crippen LogP contribution in [0.4, 0.5) is 13.2 Å². The van der Waals surface area contributed by atoms with Crippen molar-refractivity contribution in [3.63, 3.8) is 0 Å². The van der Waals surface area contributed by atoms with E-state index in [4.69, 9.17) is 0 Å². The number of hydrogen-bond donors (Lipinski definition) is 0. The molecular formula is C14H15F3O4. The molecule has 0 saturated heterocycles. The molecule has 0 heterocycles. The Labute approximate surface area is 119 Å². The van der Waals surface area contributed by atoms with Crippen LogP contribution in [0.2, 0.25) is 0 Å². The molecule has 0 bridgehead atoms. The summed E-state index contributed by atoms with van der Waals surface area (Å²) < 4.78 is 48.1. The monoisotopic (exact) mass is 304 g/mol. The van der Waals surface area contributed by atoms with Gasteiger partial charge in [0.25, 0.3) is 0 Å². The minimum Gasteiger partial charge on any atom is -0.466 e. The summed E-state index contributed by atoms with van der Waals surface area (Å²) in [4.78, 5) is 22.5. The summed E-state index contributed by atoms with van der Waals surface area (Å²) in [6.07, 6.45) is -4.89. The van der Waals surface area contributed by atoms with E-state index in [1.807, 2.05) is 0 Å². The molecule has 0 atom stereocenters. The fourth-order valence-electron chi connectivity index (χ4n) is 1.77. The molecule has 0 aliphatic heterocycles. The summed E-state index contributed by atoms with van der Waals surface area (Å²) in [5.41, 5.74) is -1.21. The fourth-order valence-corrected chi connectivity index (χ4v) is 1.77. The van der Waals surface area contributed by atoms with Crippen molar-refractivity contribution in [2.24, 2.45) is 0 Å². The Hall–Kier alpha value is -2.05. The smallest absolute Gasteiger partial charge is 0.416 e. The van der Waals surface area contributed by atoms with Gasteiger partial charge in [0.15, 0.2) is 0 Å². The van der Waals surface area contributed by atoms with Gasteiger partial charge in [-0.25, -0.2) is 4.79 Å². The van der Waals surface area contributed by atoms with Crippen LogP contribution in [0.15, 0.2) is 18.2 Å². The quantitative estimate of drug-likeness (QED) is 0.785. The first-order chi connectivity index (χ1) is 9.79. The Balaban J connectivity index is 3.03. The summed E-state index contributed by atoms with van der Waals surface area (Å²) in [7, 11) is 1.09. The first-order valence-electron chi connectivity index (χ1n) is 6.23. The number of esters is 2. The molecule has 0 amide bonds. The van der Waals surface area contributed by atoms with Crippen LogP contribution in [-0.2, 0) is 26.9 Å². The maximum absolute atomic E-state index is 13.0. The molecule has 0 aliphatic carbocycles. The molecule has 0 aliphatic rings. The third-order valence-electron chi connectivity index (χ3n) is 2.74. The molecular weight excluding hydrogens is 289 g/mol. The molecule has 0 unspecified atom stereocenters. The second-order valence-corrected chi connectivity index (χ2v) is 4.17. The predicted octanol–water partition coefficient (Wildman–Crippen LogP) is 2.99. The zero-order chi connectivity index (χ0) is 16.0. The van der Waals surface area contributed by atoms with E-state index < -0.39 is 23.7 Å². The predicted molar refractivity (Wildman–Crippen MR) is 67.7 cm³/mol. The molecule has 0 radical (unpaired) electrons. The summed E-state index contributed by atoms with van der Waals surface area (Å²) in [6.45, 7) is 1.79. The van der Waals surface area contributed by atoms with Crippen molar-refractivity contribution >= 4 is 11.9 Å². The first kappa shape index (κ1) is 17.0. The average Bonchev–Trinajstić information content (AvgIpc) is 2.43. The van der Waals surface area contributed by atoms with E-state index in [2.05, 4.69) is 9.47 Å². The summed E-state index contributed by atoms with van der Waals surface area (Å²) in [5.74, 6) is -1.42. The third-order valence-corrected chi connectivity index (χ3v) is 2.74. The van der Waals surface area contributed by atoms with Crippen LogP contribution < -0.4 is 0 Å². The van der Waals surface area contributed by atoms with Crippen molar-refractivity contribution in [3.05, 3.63) is 34.9 Å². The van der Waals surface area contributed by atoms with Gasteiger partial charge in [0.1, 0.15) is 0 Å². The lowest BCUT2D eigenvalue weighted by Gasteiger charge is -2.14. The van der Waals surface area contributed by atoms with Gasteiger partial charge in [-0.2, -0.15) is 13.2 Å². The summed E-state index contributed by atoms with van der Waals surface area (Å²) in [5, 5.41) is 0. The van der Waals surface area contributed by atoms with Crippen molar-refractivity contribution in [2.45, 2.75) is 25.9 Å². The normalized spacial score (nSPS) is 11.1. The van der Waals surface area contributed by atoms with E-state index in [9.17, 15) is 22.8 Å². The molecule has 0 N–H and O–H groups in total. The number of halogens is 3. The summed E-state index contributed by atoms with van der Waals surface area (Å²) >= 11 is 0. The number of alkyl halides is 3. The molecule has 7 heteroatoms. The Morgan fingerprint density at radius 3 is 2.43 bits per heavy atom. The van der Waals surface area contributed by atoms with Crippen LogP contribution >= 0.6 is 0 Å². The van der Waals surface area contributed by atoms with E-state index in [1.54, 1.807) is 6.92 Å². The van der Waals surface area contributed by atoms with Crippen LogP contribution in [0, 0.1) is 0 Å². The molecule has 116 valence electrons. The van der Waals surface area contributed by atoms with Gasteiger partial charge in [0, 0.05) is 6.42 Å². The van der Waals surface area contributed by atoms with Crippen LogP contribution in [0.1, 0.15) is 34.8 Å². The fraction of sp³-hybridized carbons (Fsp3) is 0.429. The van der Waals surface area contributed by atoms with Gasteiger partial charge in [-0.15, -0.1) is 0 Å². The number of rotatable bonds is 5. The number of methoxy groups -OCH3 is 1. The van der Waals surface area contributed by atoms with Crippen molar-refractivity contribution in [1.82, 2.24) is 0 Å². The number of aryl methyl sites for hydroxylation is 1. The highest BCUT2D eigenvalue weighted by molar-refractivity contribution is 5.89. The van der Waals surface area contributed by atoms with E-state index >= 15 is 0 Å².